The van der Waals surface area contributed by atoms with Crippen LogP contribution in [0.4, 0.5) is 0 Å². The Labute approximate surface area is 109 Å². The maximum absolute atomic E-state index is 10.7. The Kier molecular flexibility index (Phi) is 3.81. The molecule has 0 radical (unpaired) electrons. The van der Waals surface area contributed by atoms with Crippen LogP contribution >= 0.6 is 11.3 Å². The van der Waals surface area contributed by atoms with Crippen molar-refractivity contribution in [2.45, 2.75) is 26.7 Å². The zero-order valence-corrected chi connectivity index (χ0v) is 11.2. The molecule has 0 saturated heterocycles. The second-order valence-electron chi connectivity index (χ2n) is 4.31. The largest absolute Gasteiger partial charge is 0.481 e. The summed E-state index contributed by atoms with van der Waals surface area (Å²) in [6.07, 6.45) is 1.30. The number of hydrogen-bond acceptors (Lipinski definition) is 4. The van der Waals surface area contributed by atoms with Crippen molar-refractivity contribution in [1.82, 2.24) is 4.98 Å². The third-order valence-electron chi connectivity index (χ3n) is 2.76. The fourth-order valence-electron chi connectivity index (χ4n) is 1.57. The molecular weight excluding hydrogens is 250 g/mol. The molecule has 1 N–H and O–H groups in total. The molecular formula is C13H15NO3S. The molecule has 1 unspecified atom stereocenters. The maximum atomic E-state index is 10.7. The van der Waals surface area contributed by atoms with E-state index in [1.165, 1.54) is 0 Å². The van der Waals surface area contributed by atoms with Crippen LogP contribution < -0.4 is 0 Å². The molecule has 0 fully saturated rings. The molecule has 0 aliphatic rings. The number of nitrogens with zero attached hydrogens (tertiary/aromatic N) is 1. The summed E-state index contributed by atoms with van der Waals surface area (Å²) in [5, 5.41) is 11.7. The summed E-state index contributed by atoms with van der Waals surface area (Å²) in [5.74, 6) is 0.539. The van der Waals surface area contributed by atoms with Crippen molar-refractivity contribution in [2.75, 3.05) is 0 Å². The summed E-state index contributed by atoms with van der Waals surface area (Å²) >= 11 is 1.54. The highest BCUT2D eigenvalue weighted by Gasteiger charge is 2.13. The third-order valence-corrected chi connectivity index (χ3v) is 3.67. The van der Waals surface area contributed by atoms with Crippen LogP contribution in [0.5, 0.6) is 0 Å². The number of carbonyl (C=O) groups is 1. The molecule has 0 aliphatic heterocycles. The van der Waals surface area contributed by atoms with E-state index < -0.39 is 5.97 Å². The molecule has 2 aromatic rings. The molecule has 5 heteroatoms. The van der Waals surface area contributed by atoms with Crippen LogP contribution in [0, 0.1) is 12.8 Å². The van der Waals surface area contributed by atoms with Crippen LogP contribution in [0.3, 0.4) is 0 Å². The summed E-state index contributed by atoms with van der Waals surface area (Å²) in [6.45, 7) is 3.61. The van der Waals surface area contributed by atoms with Gasteiger partial charge < -0.3 is 9.52 Å². The number of aryl methyl sites for hydroxylation is 2. The predicted octanol–water partition coefficient (Wildman–Crippen LogP) is 3.36. The molecule has 2 heterocycles. The van der Waals surface area contributed by atoms with Gasteiger partial charge in [0.15, 0.2) is 5.76 Å². The minimum atomic E-state index is -0.756. The van der Waals surface area contributed by atoms with Crippen LogP contribution in [-0.2, 0) is 11.2 Å². The van der Waals surface area contributed by atoms with E-state index in [9.17, 15) is 4.79 Å². The van der Waals surface area contributed by atoms with E-state index in [2.05, 4.69) is 4.98 Å². The van der Waals surface area contributed by atoms with E-state index >= 15 is 0 Å². The third kappa shape index (κ3) is 2.98. The van der Waals surface area contributed by atoms with Crippen molar-refractivity contribution in [3.63, 3.8) is 0 Å². The van der Waals surface area contributed by atoms with Crippen molar-refractivity contribution in [3.8, 4) is 11.5 Å². The molecule has 18 heavy (non-hydrogen) atoms. The highest BCUT2D eigenvalue weighted by atomic mass is 32.1. The van der Waals surface area contributed by atoms with Crippen molar-refractivity contribution < 1.29 is 14.3 Å². The monoisotopic (exact) mass is 265 g/mol. The minimum absolute atomic E-state index is 0.330. The average Bonchev–Trinajstić information content (AvgIpc) is 2.94. The zero-order chi connectivity index (χ0) is 13.1. The second-order valence-corrected chi connectivity index (χ2v) is 5.26. The van der Waals surface area contributed by atoms with Gasteiger partial charge in [0.25, 0.3) is 0 Å². The molecule has 0 aliphatic carbocycles. The normalized spacial score (nSPS) is 12.6. The lowest BCUT2D eigenvalue weighted by molar-refractivity contribution is -0.141. The van der Waals surface area contributed by atoms with Crippen LogP contribution in [-0.4, -0.2) is 16.1 Å². The Bertz CT molecular complexity index is 544. The first kappa shape index (κ1) is 12.8. The number of furan rings is 1. The van der Waals surface area contributed by atoms with Gasteiger partial charge in [-0.2, -0.15) is 0 Å². The smallest absolute Gasteiger partial charge is 0.306 e. The molecule has 96 valence electrons. The Hall–Kier alpha value is -1.62. The lowest BCUT2D eigenvalue weighted by Crippen LogP contribution is -2.10. The lowest BCUT2D eigenvalue weighted by Gasteiger charge is -2.02. The Balaban J connectivity index is 2.00. The van der Waals surface area contributed by atoms with Crippen molar-refractivity contribution in [3.05, 3.63) is 28.3 Å². The SMILES string of the molecule is Cc1ccc(-c2csc(CCC(C)C(=O)O)n2)o1. The molecule has 2 rings (SSSR count). The highest BCUT2D eigenvalue weighted by molar-refractivity contribution is 7.09. The summed E-state index contributed by atoms with van der Waals surface area (Å²) in [5.41, 5.74) is 0.825. The number of aliphatic carboxylic acids is 1. The molecule has 0 amide bonds. The number of aromatic nitrogens is 1. The van der Waals surface area contributed by atoms with Gasteiger partial charge in [0.05, 0.1) is 10.9 Å². The number of hydrogen-bond donors (Lipinski definition) is 1. The van der Waals surface area contributed by atoms with Gasteiger partial charge in [-0.3, -0.25) is 4.79 Å². The first-order valence-corrected chi connectivity index (χ1v) is 6.68. The van der Waals surface area contributed by atoms with E-state index in [1.54, 1.807) is 18.3 Å². The minimum Gasteiger partial charge on any atom is -0.481 e. The van der Waals surface area contributed by atoms with Gasteiger partial charge in [-0.25, -0.2) is 4.98 Å². The molecule has 0 saturated carbocycles. The summed E-state index contributed by atoms with van der Waals surface area (Å²) in [4.78, 5) is 15.2. The fourth-order valence-corrected chi connectivity index (χ4v) is 2.38. The predicted molar refractivity (Wildman–Crippen MR) is 69.7 cm³/mol. The molecule has 2 aromatic heterocycles. The summed E-state index contributed by atoms with van der Waals surface area (Å²) in [6, 6.07) is 3.80. The molecule has 1 atom stereocenters. The van der Waals surface area contributed by atoms with Gasteiger partial charge in [-0.05, 0) is 25.5 Å². The second kappa shape index (κ2) is 5.35. The van der Waals surface area contributed by atoms with E-state index in [-0.39, 0.29) is 5.92 Å². The standard InChI is InChI=1S/C13H15NO3S/c1-8(13(15)16)3-6-12-14-10(7-18-12)11-5-4-9(2)17-11/h4-5,7-8H,3,6H2,1-2H3,(H,15,16). The van der Waals surface area contributed by atoms with Crippen molar-refractivity contribution in [2.24, 2.45) is 5.92 Å². The molecule has 0 aromatic carbocycles. The van der Waals surface area contributed by atoms with Gasteiger partial charge >= 0.3 is 5.97 Å². The Morgan fingerprint density at radius 3 is 2.94 bits per heavy atom. The van der Waals surface area contributed by atoms with Crippen LogP contribution in [0.2, 0.25) is 0 Å². The van der Waals surface area contributed by atoms with Crippen molar-refractivity contribution in [1.29, 1.82) is 0 Å². The van der Waals surface area contributed by atoms with Crippen molar-refractivity contribution >= 4 is 17.3 Å². The quantitative estimate of drug-likeness (QED) is 0.900. The Morgan fingerprint density at radius 2 is 2.33 bits per heavy atom. The maximum Gasteiger partial charge on any atom is 0.306 e. The van der Waals surface area contributed by atoms with Crippen LogP contribution in [0.1, 0.15) is 24.1 Å². The van der Waals surface area contributed by atoms with E-state index in [4.69, 9.17) is 9.52 Å². The lowest BCUT2D eigenvalue weighted by atomic mass is 10.1. The van der Waals surface area contributed by atoms with E-state index in [1.807, 2.05) is 24.4 Å². The van der Waals surface area contributed by atoms with E-state index in [0.29, 0.717) is 12.8 Å². The molecule has 4 nitrogen and oxygen atoms in total. The number of carboxylic acid groups (broad SMARTS) is 1. The first-order valence-electron chi connectivity index (χ1n) is 5.80. The van der Waals surface area contributed by atoms with Gasteiger partial charge in [-0.15, -0.1) is 11.3 Å². The number of thiazole rings is 1. The van der Waals surface area contributed by atoms with Crippen LogP contribution in [0.25, 0.3) is 11.5 Å². The van der Waals surface area contributed by atoms with Gasteiger partial charge in [-0.1, -0.05) is 6.92 Å². The first-order chi connectivity index (χ1) is 8.56. The topological polar surface area (TPSA) is 63.3 Å². The zero-order valence-electron chi connectivity index (χ0n) is 10.3. The highest BCUT2D eigenvalue weighted by Crippen LogP contribution is 2.24. The summed E-state index contributed by atoms with van der Waals surface area (Å²) in [7, 11) is 0. The van der Waals surface area contributed by atoms with Gasteiger partial charge in [0.2, 0.25) is 0 Å². The van der Waals surface area contributed by atoms with E-state index in [0.717, 1.165) is 22.2 Å². The Morgan fingerprint density at radius 1 is 1.56 bits per heavy atom. The fraction of sp³-hybridized carbons (Fsp3) is 0.385. The number of rotatable bonds is 5. The molecule has 0 spiro atoms. The van der Waals surface area contributed by atoms with Gasteiger partial charge in [0, 0.05) is 11.8 Å². The molecule has 0 bridgehead atoms. The van der Waals surface area contributed by atoms with Gasteiger partial charge in [0.1, 0.15) is 11.5 Å². The number of carboxylic acids is 1. The summed E-state index contributed by atoms with van der Waals surface area (Å²) < 4.78 is 5.50. The van der Waals surface area contributed by atoms with Crippen LogP contribution in [0.15, 0.2) is 21.9 Å². The average molecular weight is 265 g/mol.